The predicted octanol–water partition coefficient (Wildman–Crippen LogP) is 4.31. The minimum Gasteiger partial charge on any atom is -0.398 e. The maximum absolute atomic E-state index is 13.5. The number of pyridine rings is 1. The van der Waals surface area contributed by atoms with Gasteiger partial charge in [0.15, 0.2) is 0 Å². The highest BCUT2D eigenvalue weighted by Gasteiger charge is 2.26. The Morgan fingerprint density at radius 2 is 1.86 bits per heavy atom. The second-order valence-corrected chi connectivity index (χ2v) is 8.84. The number of rotatable bonds is 4. The Kier molecular flexibility index (Phi) is 4.13. The van der Waals surface area contributed by atoms with Crippen LogP contribution in [0, 0.1) is 0 Å². The van der Waals surface area contributed by atoms with Gasteiger partial charge in [-0.05, 0) is 42.7 Å². The molecule has 9 nitrogen and oxygen atoms in total. The molecule has 0 bridgehead atoms. The van der Waals surface area contributed by atoms with Crippen LogP contribution in [-0.4, -0.2) is 34.9 Å². The minimum absolute atomic E-state index is 0.295. The molecule has 0 amide bonds. The van der Waals surface area contributed by atoms with Gasteiger partial charge in [-0.1, -0.05) is 12.1 Å². The Labute approximate surface area is 198 Å². The van der Waals surface area contributed by atoms with Crippen LogP contribution in [0.1, 0.15) is 18.9 Å². The van der Waals surface area contributed by atoms with Crippen molar-refractivity contribution in [2.75, 3.05) is 5.73 Å². The van der Waals surface area contributed by atoms with Gasteiger partial charge in [0.05, 0.1) is 40.5 Å². The number of fused-ring (bicyclic) bond motifs is 2. The largest absolute Gasteiger partial charge is 0.398 e. The Hall–Kier alpha value is -4.79. The van der Waals surface area contributed by atoms with E-state index in [0.29, 0.717) is 28.5 Å². The first kappa shape index (κ1) is 19.7. The second-order valence-electron chi connectivity index (χ2n) is 8.84. The van der Waals surface area contributed by atoms with Crippen molar-refractivity contribution in [1.29, 1.82) is 0 Å². The monoisotopic (exact) mass is 460 g/mol. The highest BCUT2D eigenvalue weighted by atomic mass is 16.1. The molecule has 0 atom stereocenters. The van der Waals surface area contributed by atoms with E-state index in [1.807, 2.05) is 53.5 Å². The van der Waals surface area contributed by atoms with Crippen molar-refractivity contribution in [1.82, 2.24) is 34.9 Å². The summed E-state index contributed by atoms with van der Waals surface area (Å²) in [4.78, 5) is 25.3. The molecule has 0 saturated heterocycles. The molecule has 9 heteroatoms. The van der Waals surface area contributed by atoms with Gasteiger partial charge in [-0.25, -0.2) is 4.98 Å². The molecule has 0 aliphatic heterocycles. The van der Waals surface area contributed by atoms with Crippen molar-refractivity contribution in [3.8, 4) is 33.6 Å². The summed E-state index contributed by atoms with van der Waals surface area (Å²) >= 11 is 0. The summed E-state index contributed by atoms with van der Waals surface area (Å²) in [6, 6.07) is 12.0. The average Bonchev–Trinajstić information content (AvgIpc) is 3.41. The van der Waals surface area contributed by atoms with E-state index < -0.39 is 0 Å². The fourth-order valence-electron chi connectivity index (χ4n) is 4.65. The highest BCUT2D eigenvalue weighted by Crippen LogP contribution is 2.41. The second kappa shape index (κ2) is 7.36. The normalized spacial score (nSPS) is 13.6. The van der Waals surface area contributed by atoms with Crippen LogP contribution < -0.4 is 11.3 Å². The Morgan fingerprint density at radius 1 is 1.00 bits per heavy atom. The number of anilines is 1. The van der Waals surface area contributed by atoms with Gasteiger partial charge in [0, 0.05) is 46.2 Å². The highest BCUT2D eigenvalue weighted by molar-refractivity contribution is 6.09. The lowest BCUT2D eigenvalue weighted by atomic mass is 9.93. The van der Waals surface area contributed by atoms with Crippen molar-refractivity contribution >= 4 is 27.5 Å². The number of hydrogen-bond donors (Lipinski definition) is 3. The van der Waals surface area contributed by atoms with E-state index in [4.69, 9.17) is 10.7 Å². The average molecular weight is 461 g/mol. The van der Waals surface area contributed by atoms with Crippen LogP contribution in [0.15, 0.2) is 72.2 Å². The van der Waals surface area contributed by atoms with E-state index in [2.05, 4.69) is 25.3 Å². The molecule has 1 aliphatic rings. The van der Waals surface area contributed by atoms with Crippen molar-refractivity contribution in [2.45, 2.75) is 18.9 Å². The van der Waals surface area contributed by atoms with E-state index in [1.54, 1.807) is 18.6 Å². The van der Waals surface area contributed by atoms with Crippen LogP contribution in [0.5, 0.6) is 0 Å². The molecule has 2 aromatic carbocycles. The first-order valence-corrected chi connectivity index (χ1v) is 11.4. The molecule has 0 radical (unpaired) electrons. The van der Waals surface area contributed by atoms with Gasteiger partial charge in [-0.3, -0.25) is 19.6 Å². The number of nitrogens with zero attached hydrogens (tertiary/aromatic N) is 5. The van der Waals surface area contributed by atoms with Crippen molar-refractivity contribution < 1.29 is 0 Å². The lowest BCUT2D eigenvalue weighted by molar-refractivity contribution is 0.642. The number of hydrogen-bond acceptors (Lipinski definition) is 6. The van der Waals surface area contributed by atoms with E-state index in [9.17, 15) is 4.79 Å². The fourth-order valence-corrected chi connectivity index (χ4v) is 4.65. The van der Waals surface area contributed by atoms with Gasteiger partial charge < -0.3 is 10.7 Å². The molecular formula is C26H20N8O. The van der Waals surface area contributed by atoms with Crippen molar-refractivity contribution in [3.05, 3.63) is 77.7 Å². The standard InChI is InChI=1S/C26H20N8O/c27-23-19(17-2-1-3-21-20(17)12-29-33-21)10-18(15-11-30-34(13-15)16-4-5-16)24-22(23)26(35)32-25(31-24)14-6-8-28-9-7-14/h1-3,6-13,16H,4-5,27H2,(H,29,33)(H,31,32,35). The molecule has 1 saturated carbocycles. The van der Waals surface area contributed by atoms with Crippen LogP contribution in [-0.2, 0) is 0 Å². The Morgan fingerprint density at radius 3 is 2.69 bits per heavy atom. The lowest BCUT2D eigenvalue weighted by Gasteiger charge is -2.14. The number of aromatic nitrogens is 7. The van der Waals surface area contributed by atoms with Crippen LogP contribution in [0.25, 0.3) is 55.4 Å². The number of nitrogens with one attached hydrogen (secondary N) is 2. The zero-order valence-electron chi connectivity index (χ0n) is 18.6. The number of aromatic amines is 2. The molecular weight excluding hydrogens is 440 g/mol. The van der Waals surface area contributed by atoms with Crippen LogP contribution in [0.2, 0.25) is 0 Å². The molecule has 4 N–H and O–H groups in total. The minimum atomic E-state index is -0.295. The van der Waals surface area contributed by atoms with Crippen LogP contribution >= 0.6 is 0 Å². The summed E-state index contributed by atoms with van der Waals surface area (Å²) in [6.07, 6.45) is 11.2. The third-order valence-corrected chi connectivity index (χ3v) is 6.58. The number of nitrogen functional groups attached to an aromatic ring is 1. The number of benzene rings is 2. The number of nitrogens with two attached hydrogens (primary N) is 1. The van der Waals surface area contributed by atoms with Gasteiger partial charge in [0.25, 0.3) is 5.56 Å². The predicted molar refractivity (Wildman–Crippen MR) is 135 cm³/mol. The lowest BCUT2D eigenvalue weighted by Crippen LogP contribution is -2.13. The fraction of sp³-hybridized carbons (Fsp3) is 0.115. The number of H-pyrrole nitrogens is 2. The molecule has 1 aliphatic carbocycles. The Bertz CT molecular complexity index is 1790. The molecule has 170 valence electrons. The summed E-state index contributed by atoms with van der Waals surface area (Å²) in [6.45, 7) is 0. The third kappa shape index (κ3) is 3.12. The van der Waals surface area contributed by atoms with E-state index in [0.717, 1.165) is 51.6 Å². The molecule has 7 rings (SSSR count). The zero-order chi connectivity index (χ0) is 23.5. The summed E-state index contributed by atoms with van der Waals surface area (Å²) in [5.74, 6) is 0.463. The van der Waals surface area contributed by atoms with Gasteiger partial charge in [-0.2, -0.15) is 10.2 Å². The molecule has 0 unspecified atom stereocenters. The van der Waals surface area contributed by atoms with Crippen molar-refractivity contribution in [3.63, 3.8) is 0 Å². The van der Waals surface area contributed by atoms with Gasteiger partial charge >= 0.3 is 0 Å². The maximum atomic E-state index is 13.5. The smallest absolute Gasteiger partial charge is 0.261 e. The van der Waals surface area contributed by atoms with E-state index in [1.165, 1.54) is 0 Å². The van der Waals surface area contributed by atoms with E-state index in [-0.39, 0.29) is 5.56 Å². The molecule has 0 spiro atoms. The molecule has 1 fully saturated rings. The van der Waals surface area contributed by atoms with Crippen molar-refractivity contribution in [2.24, 2.45) is 0 Å². The summed E-state index contributed by atoms with van der Waals surface area (Å²) < 4.78 is 1.99. The first-order valence-electron chi connectivity index (χ1n) is 11.4. The summed E-state index contributed by atoms with van der Waals surface area (Å²) in [5.41, 5.74) is 12.3. The van der Waals surface area contributed by atoms with Gasteiger partial charge in [0.2, 0.25) is 0 Å². The van der Waals surface area contributed by atoms with Gasteiger partial charge in [-0.15, -0.1) is 0 Å². The third-order valence-electron chi connectivity index (χ3n) is 6.58. The van der Waals surface area contributed by atoms with Crippen LogP contribution in [0.3, 0.4) is 0 Å². The first-order chi connectivity index (χ1) is 17.2. The topological polar surface area (TPSA) is 131 Å². The van der Waals surface area contributed by atoms with Gasteiger partial charge in [0.1, 0.15) is 5.82 Å². The molecule has 4 heterocycles. The maximum Gasteiger partial charge on any atom is 0.261 e. The summed E-state index contributed by atoms with van der Waals surface area (Å²) in [7, 11) is 0. The SMILES string of the molecule is Nc1c(-c2cccc3[nH]ncc23)cc(-c2cnn(C3CC3)c2)c2nc(-c3ccncc3)[nH]c(=O)c12. The van der Waals surface area contributed by atoms with Crippen LogP contribution in [0.4, 0.5) is 5.69 Å². The zero-order valence-corrected chi connectivity index (χ0v) is 18.6. The Balaban J connectivity index is 1.56. The molecule has 6 aromatic rings. The quantitative estimate of drug-likeness (QED) is 0.336. The summed E-state index contributed by atoms with van der Waals surface area (Å²) in [5, 5.41) is 13.1. The molecule has 35 heavy (non-hydrogen) atoms. The van der Waals surface area contributed by atoms with E-state index >= 15 is 0 Å². The molecule has 4 aromatic heterocycles.